The first-order valence-corrected chi connectivity index (χ1v) is 4.47. The van der Waals surface area contributed by atoms with Gasteiger partial charge in [-0.1, -0.05) is 37.3 Å². The van der Waals surface area contributed by atoms with Gasteiger partial charge in [0.1, 0.15) is 0 Å². The van der Waals surface area contributed by atoms with Crippen molar-refractivity contribution >= 4 is 0 Å². The summed E-state index contributed by atoms with van der Waals surface area (Å²) in [6.45, 7) is 5.83. The molecule has 0 aliphatic rings. The fourth-order valence-electron chi connectivity index (χ4n) is 1.17. The van der Waals surface area contributed by atoms with E-state index in [1.165, 1.54) is 5.56 Å². The SMILES string of the molecule is CCOC[C@@H](C)c1ccccc1. The zero-order valence-electron chi connectivity index (χ0n) is 7.79. The molecule has 0 radical (unpaired) electrons. The molecule has 1 aromatic rings. The van der Waals surface area contributed by atoms with E-state index in [9.17, 15) is 0 Å². The van der Waals surface area contributed by atoms with Gasteiger partial charge in [-0.15, -0.1) is 0 Å². The van der Waals surface area contributed by atoms with Crippen molar-refractivity contribution < 1.29 is 4.74 Å². The van der Waals surface area contributed by atoms with Gasteiger partial charge in [0.25, 0.3) is 0 Å². The first kappa shape index (κ1) is 9.27. The van der Waals surface area contributed by atoms with Crippen molar-refractivity contribution in [1.82, 2.24) is 0 Å². The summed E-state index contributed by atoms with van der Waals surface area (Å²) in [4.78, 5) is 0. The molecule has 66 valence electrons. The van der Waals surface area contributed by atoms with E-state index in [0.717, 1.165) is 13.2 Å². The Balaban J connectivity index is 2.48. The number of rotatable bonds is 4. The smallest absolute Gasteiger partial charge is 0.0531 e. The average Bonchev–Trinajstić information content (AvgIpc) is 2.15. The maximum Gasteiger partial charge on any atom is 0.0531 e. The number of hydrogen-bond donors (Lipinski definition) is 0. The summed E-state index contributed by atoms with van der Waals surface area (Å²) >= 11 is 0. The number of benzene rings is 1. The van der Waals surface area contributed by atoms with Crippen LogP contribution in [0.15, 0.2) is 30.3 Å². The molecule has 1 nitrogen and oxygen atoms in total. The molecule has 0 bridgehead atoms. The maximum absolute atomic E-state index is 5.35. The van der Waals surface area contributed by atoms with Gasteiger partial charge in [-0.05, 0) is 12.5 Å². The quantitative estimate of drug-likeness (QED) is 0.665. The molecule has 1 heteroatoms. The Bertz CT molecular complexity index is 206. The Hall–Kier alpha value is -0.820. The third kappa shape index (κ3) is 2.67. The molecule has 0 fully saturated rings. The van der Waals surface area contributed by atoms with Crippen LogP contribution < -0.4 is 0 Å². The molecule has 0 heterocycles. The Morgan fingerprint density at radius 3 is 2.50 bits per heavy atom. The fraction of sp³-hybridized carbons (Fsp3) is 0.455. The van der Waals surface area contributed by atoms with Crippen LogP contribution in [0.4, 0.5) is 0 Å². The van der Waals surface area contributed by atoms with Crippen molar-refractivity contribution in [2.45, 2.75) is 19.8 Å². The predicted octanol–water partition coefficient (Wildman–Crippen LogP) is 2.83. The second kappa shape index (κ2) is 4.94. The first-order chi connectivity index (χ1) is 5.84. The molecule has 0 spiro atoms. The fourth-order valence-corrected chi connectivity index (χ4v) is 1.17. The molecular formula is C11H16O. The van der Waals surface area contributed by atoms with Crippen LogP contribution in [0.2, 0.25) is 0 Å². The summed E-state index contributed by atoms with van der Waals surface area (Å²) in [5, 5.41) is 0. The van der Waals surface area contributed by atoms with Gasteiger partial charge in [0.05, 0.1) is 6.61 Å². The zero-order chi connectivity index (χ0) is 8.81. The van der Waals surface area contributed by atoms with Crippen molar-refractivity contribution in [3.63, 3.8) is 0 Å². The molecule has 12 heavy (non-hydrogen) atoms. The van der Waals surface area contributed by atoms with Gasteiger partial charge in [0.15, 0.2) is 0 Å². The highest BCUT2D eigenvalue weighted by Crippen LogP contribution is 2.14. The summed E-state index contributed by atoms with van der Waals surface area (Å²) in [7, 11) is 0. The lowest BCUT2D eigenvalue weighted by Gasteiger charge is -2.10. The van der Waals surface area contributed by atoms with E-state index in [0.29, 0.717) is 5.92 Å². The summed E-state index contributed by atoms with van der Waals surface area (Å²) in [5.74, 6) is 0.506. The molecule has 0 aliphatic heterocycles. The molecule has 0 saturated heterocycles. The summed E-state index contributed by atoms with van der Waals surface area (Å²) in [6.07, 6.45) is 0. The highest BCUT2D eigenvalue weighted by molar-refractivity contribution is 5.18. The summed E-state index contributed by atoms with van der Waals surface area (Å²) < 4.78 is 5.35. The minimum absolute atomic E-state index is 0.506. The van der Waals surface area contributed by atoms with Gasteiger partial charge < -0.3 is 4.74 Å². The Kier molecular flexibility index (Phi) is 3.81. The van der Waals surface area contributed by atoms with E-state index in [1.807, 2.05) is 13.0 Å². The lowest BCUT2D eigenvalue weighted by molar-refractivity contribution is 0.136. The molecule has 0 saturated carbocycles. The molecule has 0 aliphatic carbocycles. The second-order valence-corrected chi connectivity index (χ2v) is 2.97. The lowest BCUT2D eigenvalue weighted by atomic mass is 10.0. The highest BCUT2D eigenvalue weighted by atomic mass is 16.5. The molecule has 1 rings (SSSR count). The average molecular weight is 164 g/mol. The van der Waals surface area contributed by atoms with Gasteiger partial charge in [-0.3, -0.25) is 0 Å². The van der Waals surface area contributed by atoms with Crippen LogP contribution in [0.25, 0.3) is 0 Å². The molecule has 0 aromatic heterocycles. The minimum Gasteiger partial charge on any atom is -0.381 e. The van der Waals surface area contributed by atoms with E-state index in [1.54, 1.807) is 0 Å². The van der Waals surface area contributed by atoms with Crippen molar-refractivity contribution in [3.05, 3.63) is 35.9 Å². The topological polar surface area (TPSA) is 9.23 Å². The van der Waals surface area contributed by atoms with Crippen LogP contribution >= 0.6 is 0 Å². The van der Waals surface area contributed by atoms with Crippen LogP contribution in [-0.4, -0.2) is 13.2 Å². The largest absolute Gasteiger partial charge is 0.381 e. The normalized spacial score (nSPS) is 12.8. The van der Waals surface area contributed by atoms with Gasteiger partial charge in [0.2, 0.25) is 0 Å². The van der Waals surface area contributed by atoms with E-state index >= 15 is 0 Å². The maximum atomic E-state index is 5.35. The molecular weight excluding hydrogens is 148 g/mol. The van der Waals surface area contributed by atoms with Crippen LogP contribution in [0.5, 0.6) is 0 Å². The van der Waals surface area contributed by atoms with Crippen LogP contribution in [0.1, 0.15) is 25.3 Å². The molecule has 0 unspecified atom stereocenters. The summed E-state index contributed by atoms with van der Waals surface area (Å²) in [5.41, 5.74) is 1.35. The molecule has 1 atom stereocenters. The Labute approximate surface area is 74.4 Å². The van der Waals surface area contributed by atoms with E-state index < -0.39 is 0 Å². The lowest BCUT2D eigenvalue weighted by Crippen LogP contribution is -2.03. The monoisotopic (exact) mass is 164 g/mol. The van der Waals surface area contributed by atoms with Crippen LogP contribution in [0, 0.1) is 0 Å². The van der Waals surface area contributed by atoms with E-state index in [2.05, 4.69) is 31.2 Å². The minimum atomic E-state index is 0.506. The zero-order valence-corrected chi connectivity index (χ0v) is 7.79. The van der Waals surface area contributed by atoms with E-state index in [4.69, 9.17) is 4.74 Å². The van der Waals surface area contributed by atoms with Crippen molar-refractivity contribution in [3.8, 4) is 0 Å². The third-order valence-electron chi connectivity index (χ3n) is 1.94. The van der Waals surface area contributed by atoms with Crippen molar-refractivity contribution in [1.29, 1.82) is 0 Å². The van der Waals surface area contributed by atoms with Gasteiger partial charge >= 0.3 is 0 Å². The van der Waals surface area contributed by atoms with Crippen LogP contribution in [-0.2, 0) is 4.74 Å². The second-order valence-electron chi connectivity index (χ2n) is 2.97. The van der Waals surface area contributed by atoms with E-state index in [-0.39, 0.29) is 0 Å². The van der Waals surface area contributed by atoms with Crippen LogP contribution in [0.3, 0.4) is 0 Å². The molecule has 0 amide bonds. The highest BCUT2D eigenvalue weighted by Gasteiger charge is 2.02. The van der Waals surface area contributed by atoms with Gasteiger partial charge in [-0.2, -0.15) is 0 Å². The van der Waals surface area contributed by atoms with Crippen molar-refractivity contribution in [2.75, 3.05) is 13.2 Å². The summed E-state index contributed by atoms with van der Waals surface area (Å²) in [6, 6.07) is 10.5. The molecule has 1 aromatic carbocycles. The number of ether oxygens (including phenoxy) is 1. The first-order valence-electron chi connectivity index (χ1n) is 4.47. The third-order valence-corrected chi connectivity index (χ3v) is 1.94. The Morgan fingerprint density at radius 1 is 1.25 bits per heavy atom. The molecule has 0 N–H and O–H groups in total. The standard InChI is InChI=1S/C11H16O/c1-3-12-9-10(2)11-7-5-4-6-8-11/h4-8,10H,3,9H2,1-2H3/t10-/m1/s1. The predicted molar refractivity (Wildman–Crippen MR) is 51.4 cm³/mol. The van der Waals surface area contributed by atoms with Gasteiger partial charge in [-0.25, -0.2) is 0 Å². The van der Waals surface area contributed by atoms with Gasteiger partial charge in [0, 0.05) is 12.5 Å². The Morgan fingerprint density at radius 2 is 1.92 bits per heavy atom. The van der Waals surface area contributed by atoms with Crippen molar-refractivity contribution in [2.24, 2.45) is 0 Å². The number of hydrogen-bond acceptors (Lipinski definition) is 1.